The van der Waals surface area contributed by atoms with E-state index in [0.717, 1.165) is 28.1 Å². The van der Waals surface area contributed by atoms with Crippen molar-refractivity contribution in [1.82, 2.24) is 20.1 Å². The first-order valence-corrected chi connectivity index (χ1v) is 9.62. The van der Waals surface area contributed by atoms with Crippen LogP contribution in [0, 0.1) is 6.92 Å². The highest BCUT2D eigenvalue weighted by Gasteiger charge is 2.17. The molecule has 4 rings (SSSR count). The fraction of sp³-hybridized carbons (Fsp3) is 0.125. The highest BCUT2D eigenvalue weighted by Crippen LogP contribution is 2.24. The number of methoxy groups -OCH3 is 1. The fourth-order valence-corrected chi connectivity index (χ4v) is 3.10. The van der Waals surface area contributed by atoms with Gasteiger partial charge in [-0.3, -0.25) is 9.78 Å². The number of carbonyl (C=O) groups excluding carboxylic acids is 1. The predicted octanol–water partition coefficient (Wildman–Crippen LogP) is 4.18. The molecule has 2 aromatic carbocycles. The number of aryl methyl sites for hydroxylation is 1. The van der Waals surface area contributed by atoms with Gasteiger partial charge in [-0.1, -0.05) is 17.7 Å². The average molecular weight is 398 g/mol. The second-order valence-electron chi connectivity index (χ2n) is 6.93. The number of ether oxygens (including phenoxy) is 1. The quantitative estimate of drug-likeness (QED) is 0.529. The van der Waals surface area contributed by atoms with Crippen molar-refractivity contribution >= 4 is 5.91 Å². The number of nitrogens with one attached hydrogen (secondary N) is 1. The monoisotopic (exact) mass is 398 g/mol. The van der Waals surface area contributed by atoms with Crippen LogP contribution < -0.4 is 10.1 Å². The maximum absolute atomic E-state index is 13.0. The number of nitrogens with zero attached hydrogens (tertiary/aromatic N) is 3. The summed E-state index contributed by atoms with van der Waals surface area (Å²) in [6.45, 7) is 2.44. The van der Waals surface area contributed by atoms with E-state index in [4.69, 9.17) is 9.84 Å². The molecule has 0 saturated heterocycles. The number of pyridine rings is 1. The number of carbonyl (C=O) groups is 1. The number of aromatic nitrogens is 3. The smallest absolute Gasteiger partial charge is 0.270 e. The van der Waals surface area contributed by atoms with E-state index in [2.05, 4.69) is 10.3 Å². The zero-order chi connectivity index (χ0) is 20.9. The van der Waals surface area contributed by atoms with E-state index < -0.39 is 0 Å². The van der Waals surface area contributed by atoms with Crippen molar-refractivity contribution in [3.63, 3.8) is 0 Å². The Morgan fingerprint density at radius 2 is 1.70 bits per heavy atom. The molecule has 0 unspecified atom stereocenters. The standard InChI is InChI=1S/C24H22N4O2/c1-17-3-7-20(8-4-17)28-23(24(29)26-16-18-11-13-25-14-12-18)15-22(27-28)19-5-9-21(30-2)10-6-19/h3-15H,16H2,1-2H3,(H,26,29). The Kier molecular flexibility index (Phi) is 5.57. The first-order chi connectivity index (χ1) is 14.6. The van der Waals surface area contributed by atoms with Gasteiger partial charge in [0.05, 0.1) is 18.5 Å². The summed E-state index contributed by atoms with van der Waals surface area (Å²) in [5, 5.41) is 7.69. The van der Waals surface area contributed by atoms with Crippen molar-refractivity contribution in [2.45, 2.75) is 13.5 Å². The minimum atomic E-state index is -0.195. The van der Waals surface area contributed by atoms with Crippen LogP contribution >= 0.6 is 0 Å². The van der Waals surface area contributed by atoms with Gasteiger partial charge in [0.1, 0.15) is 11.4 Å². The van der Waals surface area contributed by atoms with Gasteiger partial charge in [-0.05, 0) is 67.1 Å². The van der Waals surface area contributed by atoms with Crippen molar-refractivity contribution in [3.05, 3.63) is 95.9 Å². The van der Waals surface area contributed by atoms with Crippen molar-refractivity contribution in [3.8, 4) is 22.7 Å². The molecule has 0 aliphatic carbocycles. The summed E-state index contributed by atoms with van der Waals surface area (Å²) in [5.74, 6) is 0.576. The van der Waals surface area contributed by atoms with Gasteiger partial charge in [0.2, 0.25) is 0 Å². The summed E-state index contributed by atoms with van der Waals surface area (Å²) < 4.78 is 6.91. The molecular weight excluding hydrogens is 376 g/mol. The topological polar surface area (TPSA) is 69.0 Å². The average Bonchev–Trinajstić information content (AvgIpc) is 3.24. The summed E-state index contributed by atoms with van der Waals surface area (Å²) in [5.41, 5.74) is 5.05. The Bertz CT molecular complexity index is 1130. The van der Waals surface area contributed by atoms with Gasteiger partial charge >= 0.3 is 0 Å². The molecule has 0 fully saturated rings. The Labute approximate surface area is 175 Å². The van der Waals surface area contributed by atoms with E-state index >= 15 is 0 Å². The lowest BCUT2D eigenvalue weighted by molar-refractivity contribution is 0.0943. The van der Waals surface area contributed by atoms with E-state index in [1.165, 1.54) is 0 Å². The van der Waals surface area contributed by atoms with Crippen LogP contribution in [0.25, 0.3) is 16.9 Å². The van der Waals surface area contributed by atoms with E-state index in [9.17, 15) is 4.79 Å². The van der Waals surface area contributed by atoms with Gasteiger partial charge in [0.15, 0.2) is 0 Å². The third-order valence-electron chi connectivity index (χ3n) is 4.81. The van der Waals surface area contributed by atoms with Crippen LogP contribution in [0.5, 0.6) is 5.75 Å². The molecule has 6 nitrogen and oxygen atoms in total. The molecule has 0 radical (unpaired) electrons. The first kappa shape index (κ1) is 19.4. The van der Waals surface area contributed by atoms with E-state index in [-0.39, 0.29) is 5.91 Å². The van der Waals surface area contributed by atoms with Crippen molar-refractivity contribution in [1.29, 1.82) is 0 Å². The van der Waals surface area contributed by atoms with Crippen LogP contribution in [-0.2, 0) is 6.54 Å². The number of hydrogen-bond acceptors (Lipinski definition) is 4. The molecule has 1 N–H and O–H groups in total. The van der Waals surface area contributed by atoms with Crippen LogP contribution in [0.2, 0.25) is 0 Å². The Morgan fingerprint density at radius 3 is 2.37 bits per heavy atom. The third-order valence-corrected chi connectivity index (χ3v) is 4.81. The molecule has 0 spiro atoms. The maximum Gasteiger partial charge on any atom is 0.270 e. The van der Waals surface area contributed by atoms with Gasteiger partial charge in [-0.25, -0.2) is 4.68 Å². The first-order valence-electron chi connectivity index (χ1n) is 9.62. The fourth-order valence-electron chi connectivity index (χ4n) is 3.10. The largest absolute Gasteiger partial charge is 0.497 e. The molecule has 0 bridgehead atoms. The number of benzene rings is 2. The number of rotatable bonds is 6. The molecule has 30 heavy (non-hydrogen) atoms. The second-order valence-corrected chi connectivity index (χ2v) is 6.93. The van der Waals surface area contributed by atoms with Crippen molar-refractivity contribution in [2.24, 2.45) is 0 Å². The summed E-state index contributed by atoms with van der Waals surface area (Å²) in [7, 11) is 1.63. The van der Waals surface area contributed by atoms with Gasteiger partial charge < -0.3 is 10.1 Å². The molecule has 1 amide bonds. The summed E-state index contributed by atoms with van der Waals surface area (Å²) in [6, 6.07) is 21.1. The summed E-state index contributed by atoms with van der Waals surface area (Å²) in [6.07, 6.45) is 3.42. The van der Waals surface area contributed by atoms with Gasteiger partial charge in [-0.15, -0.1) is 0 Å². The van der Waals surface area contributed by atoms with Crippen LogP contribution in [0.1, 0.15) is 21.6 Å². The van der Waals surface area contributed by atoms with Crippen molar-refractivity contribution in [2.75, 3.05) is 7.11 Å². The molecule has 6 heteroatoms. The highest BCUT2D eigenvalue weighted by atomic mass is 16.5. The molecule has 0 aliphatic heterocycles. The minimum absolute atomic E-state index is 0.195. The third kappa shape index (κ3) is 4.22. The normalized spacial score (nSPS) is 10.6. The van der Waals surface area contributed by atoms with Gasteiger partial charge in [-0.2, -0.15) is 5.10 Å². The Hall–Kier alpha value is -3.93. The van der Waals surface area contributed by atoms with Crippen LogP contribution in [0.4, 0.5) is 0 Å². The molecule has 4 aromatic rings. The molecule has 0 saturated carbocycles. The molecule has 2 heterocycles. The molecular formula is C24H22N4O2. The lowest BCUT2D eigenvalue weighted by Crippen LogP contribution is -2.25. The van der Waals surface area contributed by atoms with E-state index in [0.29, 0.717) is 17.9 Å². The van der Waals surface area contributed by atoms with Gasteiger partial charge in [0, 0.05) is 24.5 Å². The SMILES string of the molecule is COc1ccc(-c2cc(C(=O)NCc3ccncc3)n(-c3ccc(C)cc3)n2)cc1. The lowest BCUT2D eigenvalue weighted by atomic mass is 10.1. The molecule has 2 aromatic heterocycles. The van der Waals surface area contributed by atoms with Crippen LogP contribution in [-0.4, -0.2) is 27.8 Å². The van der Waals surface area contributed by atoms with E-state index in [1.54, 1.807) is 24.2 Å². The second kappa shape index (κ2) is 8.61. The summed E-state index contributed by atoms with van der Waals surface area (Å²) in [4.78, 5) is 17.0. The zero-order valence-electron chi connectivity index (χ0n) is 16.9. The Balaban J connectivity index is 1.68. The lowest BCUT2D eigenvalue weighted by Gasteiger charge is -2.09. The maximum atomic E-state index is 13.0. The Morgan fingerprint density at radius 1 is 1.00 bits per heavy atom. The van der Waals surface area contributed by atoms with Crippen LogP contribution in [0.15, 0.2) is 79.1 Å². The number of amides is 1. The molecule has 0 atom stereocenters. The molecule has 150 valence electrons. The van der Waals surface area contributed by atoms with Crippen molar-refractivity contribution < 1.29 is 9.53 Å². The predicted molar refractivity (Wildman–Crippen MR) is 116 cm³/mol. The molecule has 0 aliphatic rings. The highest BCUT2D eigenvalue weighted by molar-refractivity contribution is 5.94. The summed E-state index contributed by atoms with van der Waals surface area (Å²) >= 11 is 0. The number of hydrogen-bond donors (Lipinski definition) is 1. The van der Waals surface area contributed by atoms with Crippen LogP contribution in [0.3, 0.4) is 0 Å². The van der Waals surface area contributed by atoms with E-state index in [1.807, 2.05) is 73.7 Å². The van der Waals surface area contributed by atoms with Gasteiger partial charge in [0.25, 0.3) is 5.91 Å². The zero-order valence-corrected chi connectivity index (χ0v) is 16.9. The minimum Gasteiger partial charge on any atom is -0.497 e.